The van der Waals surface area contributed by atoms with Crippen LogP contribution < -0.4 is 5.32 Å². The molecule has 1 fully saturated rings. The van der Waals surface area contributed by atoms with Crippen molar-refractivity contribution in [3.8, 4) is 0 Å². The van der Waals surface area contributed by atoms with Crippen LogP contribution in [0.1, 0.15) is 36.8 Å². The summed E-state index contributed by atoms with van der Waals surface area (Å²) < 4.78 is 44.3. The number of hydrogen-bond acceptors (Lipinski definition) is 2. The molecule has 3 rings (SSSR count). The Bertz CT molecular complexity index is 617. The second-order valence-corrected chi connectivity index (χ2v) is 5.44. The molecule has 2 heterocycles. The van der Waals surface area contributed by atoms with Crippen molar-refractivity contribution in [3.63, 3.8) is 0 Å². The van der Waals surface area contributed by atoms with E-state index in [2.05, 4.69) is 12.2 Å². The first-order valence-electron chi connectivity index (χ1n) is 6.77. The molecule has 2 aromatic rings. The van der Waals surface area contributed by atoms with Gasteiger partial charge in [-0.1, -0.05) is 6.07 Å². The van der Waals surface area contributed by atoms with Crippen LogP contribution in [-0.2, 0) is 6.18 Å². The van der Waals surface area contributed by atoms with E-state index in [1.807, 2.05) is 0 Å². The van der Waals surface area contributed by atoms with Gasteiger partial charge in [0.1, 0.15) is 5.58 Å². The standard InChI is InChI=1S/C15H16F3NO/c1-9-8-10(4-6-19-9)11-2-3-13(15(16,17)18)12-5-7-20-14(11)12/h2-3,5,7,9-10,19H,4,6,8H2,1H3/t9-,10+/m1/s1. The van der Waals surface area contributed by atoms with Gasteiger partial charge in [0.05, 0.1) is 11.8 Å². The molecule has 0 amide bonds. The summed E-state index contributed by atoms with van der Waals surface area (Å²) in [7, 11) is 0. The van der Waals surface area contributed by atoms with Gasteiger partial charge < -0.3 is 9.73 Å². The predicted molar refractivity (Wildman–Crippen MR) is 70.7 cm³/mol. The van der Waals surface area contributed by atoms with Crippen molar-refractivity contribution in [3.05, 3.63) is 35.6 Å². The Kier molecular flexibility index (Phi) is 3.24. The van der Waals surface area contributed by atoms with Crippen LogP contribution in [-0.4, -0.2) is 12.6 Å². The van der Waals surface area contributed by atoms with Crippen molar-refractivity contribution >= 4 is 11.0 Å². The molecule has 1 aromatic heterocycles. The molecule has 1 N–H and O–H groups in total. The fraction of sp³-hybridized carbons (Fsp3) is 0.467. The van der Waals surface area contributed by atoms with E-state index in [-0.39, 0.29) is 11.3 Å². The van der Waals surface area contributed by atoms with E-state index in [4.69, 9.17) is 4.42 Å². The Balaban J connectivity index is 2.07. The summed E-state index contributed by atoms with van der Waals surface area (Å²) in [5.41, 5.74) is 0.664. The molecule has 2 nitrogen and oxygen atoms in total. The van der Waals surface area contributed by atoms with Crippen LogP contribution in [0.15, 0.2) is 28.9 Å². The molecule has 0 radical (unpaired) electrons. The van der Waals surface area contributed by atoms with Gasteiger partial charge in [-0.2, -0.15) is 13.2 Å². The number of hydrogen-bond donors (Lipinski definition) is 1. The maximum atomic E-state index is 13.0. The normalized spacial score (nSPS) is 24.2. The van der Waals surface area contributed by atoms with Gasteiger partial charge in [0, 0.05) is 11.4 Å². The summed E-state index contributed by atoms with van der Waals surface area (Å²) >= 11 is 0. The molecule has 0 spiro atoms. The number of benzene rings is 1. The lowest BCUT2D eigenvalue weighted by Gasteiger charge is -2.28. The molecule has 20 heavy (non-hydrogen) atoms. The fourth-order valence-corrected chi connectivity index (χ4v) is 3.07. The van der Waals surface area contributed by atoms with Crippen molar-refractivity contribution < 1.29 is 17.6 Å². The molecule has 1 aromatic carbocycles. The zero-order chi connectivity index (χ0) is 14.3. The van der Waals surface area contributed by atoms with Crippen molar-refractivity contribution in [1.82, 2.24) is 5.32 Å². The maximum Gasteiger partial charge on any atom is 0.417 e. The molecule has 1 aliphatic heterocycles. The van der Waals surface area contributed by atoms with E-state index < -0.39 is 11.7 Å². The fourth-order valence-electron chi connectivity index (χ4n) is 3.07. The Morgan fingerprint density at radius 2 is 2.05 bits per heavy atom. The predicted octanol–water partition coefficient (Wildman–Crippen LogP) is 4.31. The highest BCUT2D eigenvalue weighted by atomic mass is 19.4. The van der Waals surface area contributed by atoms with Crippen molar-refractivity contribution in [1.29, 1.82) is 0 Å². The zero-order valence-corrected chi connectivity index (χ0v) is 11.1. The summed E-state index contributed by atoms with van der Waals surface area (Å²) in [6.45, 7) is 2.98. The highest BCUT2D eigenvalue weighted by Crippen LogP contribution is 2.40. The summed E-state index contributed by atoms with van der Waals surface area (Å²) in [5.74, 6) is 0.252. The zero-order valence-electron chi connectivity index (χ0n) is 11.1. The van der Waals surface area contributed by atoms with Crippen LogP contribution in [0.3, 0.4) is 0 Å². The Labute approximate surface area is 115 Å². The maximum absolute atomic E-state index is 13.0. The summed E-state index contributed by atoms with van der Waals surface area (Å²) in [6.07, 6.45) is -1.16. The van der Waals surface area contributed by atoms with Crippen LogP contribution in [0.2, 0.25) is 0 Å². The van der Waals surface area contributed by atoms with Gasteiger partial charge in [0.15, 0.2) is 0 Å². The lowest BCUT2D eigenvalue weighted by Crippen LogP contribution is -2.34. The van der Waals surface area contributed by atoms with E-state index in [0.29, 0.717) is 11.6 Å². The van der Waals surface area contributed by atoms with Gasteiger partial charge in [0.2, 0.25) is 0 Å². The van der Waals surface area contributed by atoms with E-state index in [1.165, 1.54) is 18.4 Å². The van der Waals surface area contributed by atoms with Crippen molar-refractivity contribution in [2.45, 2.75) is 37.9 Å². The molecular weight excluding hydrogens is 267 g/mol. The summed E-state index contributed by atoms with van der Waals surface area (Å²) in [5, 5.41) is 3.52. The number of rotatable bonds is 1. The molecule has 0 bridgehead atoms. The molecule has 5 heteroatoms. The molecule has 0 aliphatic carbocycles. The second-order valence-electron chi connectivity index (χ2n) is 5.44. The van der Waals surface area contributed by atoms with Crippen LogP contribution >= 0.6 is 0 Å². The van der Waals surface area contributed by atoms with Crippen molar-refractivity contribution in [2.75, 3.05) is 6.54 Å². The molecule has 1 aliphatic rings. The van der Waals surface area contributed by atoms with Gasteiger partial charge in [-0.05, 0) is 49.9 Å². The van der Waals surface area contributed by atoms with Crippen LogP contribution in [0.5, 0.6) is 0 Å². The van der Waals surface area contributed by atoms with Crippen LogP contribution in [0.4, 0.5) is 13.2 Å². The number of alkyl halides is 3. The lowest BCUT2D eigenvalue weighted by atomic mass is 9.85. The van der Waals surface area contributed by atoms with Crippen LogP contribution in [0, 0.1) is 0 Å². The summed E-state index contributed by atoms with van der Waals surface area (Å²) in [4.78, 5) is 0. The Morgan fingerprint density at radius 3 is 2.75 bits per heavy atom. The van der Waals surface area contributed by atoms with E-state index in [9.17, 15) is 13.2 Å². The van der Waals surface area contributed by atoms with Gasteiger partial charge in [-0.25, -0.2) is 0 Å². The van der Waals surface area contributed by atoms with E-state index in [0.717, 1.165) is 24.9 Å². The Morgan fingerprint density at radius 1 is 1.25 bits per heavy atom. The number of fused-ring (bicyclic) bond motifs is 1. The highest BCUT2D eigenvalue weighted by Gasteiger charge is 2.34. The number of nitrogens with one attached hydrogen (secondary N) is 1. The SMILES string of the molecule is C[C@@H]1C[C@@H](c2ccc(C(F)(F)F)c3ccoc23)CCN1. The highest BCUT2D eigenvalue weighted by molar-refractivity contribution is 5.85. The topological polar surface area (TPSA) is 25.2 Å². The second kappa shape index (κ2) is 4.81. The molecule has 0 unspecified atom stereocenters. The average Bonchev–Trinajstić information content (AvgIpc) is 2.85. The molecule has 0 saturated carbocycles. The molecule has 1 saturated heterocycles. The average molecular weight is 283 g/mol. The Hall–Kier alpha value is -1.49. The molecule has 2 atom stereocenters. The summed E-state index contributed by atoms with van der Waals surface area (Å²) in [6, 6.07) is 4.55. The van der Waals surface area contributed by atoms with Crippen molar-refractivity contribution in [2.24, 2.45) is 0 Å². The van der Waals surface area contributed by atoms with Gasteiger partial charge in [-0.15, -0.1) is 0 Å². The quantitative estimate of drug-likeness (QED) is 0.843. The largest absolute Gasteiger partial charge is 0.464 e. The number of piperidine rings is 1. The number of furan rings is 1. The number of halogens is 3. The smallest absolute Gasteiger partial charge is 0.417 e. The van der Waals surface area contributed by atoms with Gasteiger partial charge >= 0.3 is 6.18 Å². The lowest BCUT2D eigenvalue weighted by molar-refractivity contribution is -0.136. The first-order valence-corrected chi connectivity index (χ1v) is 6.77. The molecule has 108 valence electrons. The monoisotopic (exact) mass is 283 g/mol. The van der Waals surface area contributed by atoms with Gasteiger partial charge in [0.25, 0.3) is 0 Å². The van der Waals surface area contributed by atoms with E-state index in [1.54, 1.807) is 6.07 Å². The third-order valence-electron chi connectivity index (χ3n) is 4.02. The van der Waals surface area contributed by atoms with Gasteiger partial charge in [-0.3, -0.25) is 0 Å². The minimum absolute atomic E-state index is 0.168. The minimum atomic E-state index is -4.35. The molecular formula is C15H16F3NO. The minimum Gasteiger partial charge on any atom is -0.464 e. The first-order chi connectivity index (χ1) is 9.47. The third kappa shape index (κ3) is 2.30. The van der Waals surface area contributed by atoms with Crippen LogP contribution in [0.25, 0.3) is 11.0 Å². The first kappa shape index (κ1) is 13.5. The van der Waals surface area contributed by atoms with E-state index >= 15 is 0 Å². The third-order valence-corrected chi connectivity index (χ3v) is 4.02.